The summed E-state index contributed by atoms with van der Waals surface area (Å²) in [4.78, 5) is 18.4. The molecule has 2 aliphatic rings. The summed E-state index contributed by atoms with van der Waals surface area (Å²) in [7, 11) is 0. The summed E-state index contributed by atoms with van der Waals surface area (Å²) in [5.41, 5.74) is -0.642. The fourth-order valence-corrected chi connectivity index (χ4v) is 4.45. The number of alkyl halides is 3. The average Bonchev–Trinajstić information content (AvgIpc) is 3.62. The number of likely N-dealkylation sites (tertiary alicyclic amines) is 1. The van der Waals surface area contributed by atoms with Crippen molar-refractivity contribution in [3.05, 3.63) is 58.7 Å². The summed E-state index contributed by atoms with van der Waals surface area (Å²) in [6.45, 7) is 6.99. The molecular weight excluding hydrogens is 476 g/mol. The van der Waals surface area contributed by atoms with Crippen LogP contribution in [0.3, 0.4) is 0 Å². The van der Waals surface area contributed by atoms with Crippen molar-refractivity contribution in [3.8, 4) is 5.75 Å². The van der Waals surface area contributed by atoms with E-state index in [0.717, 1.165) is 37.3 Å². The Morgan fingerprint density at radius 1 is 1.11 bits per heavy atom. The van der Waals surface area contributed by atoms with Gasteiger partial charge < -0.3 is 9.47 Å². The molecule has 196 valence electrons. The lowest BCUT2D eigenvalue weighted by Gasteiger charge is -2.32. The largest absolute Gasteiger partial charge is 0.493 e. The summed E-state index contributed by atoms with van der Waals surface area (Å²) >= 11 is 0. The molecule has 5 nitrogen and oxygen atoms in total. The van der Waals surface area contributed by atoms with Gasteiger partial charge in [0.2, 0.25) is 0 Å². The summed E-state index contributed by atoms with van der Waals surface area (Å²) in [5, 5.41) is 0. The Balaban J connectivity index is 1.35. The van der Waals surface area contributed by atoms with Crippen LogP contribution in [-0.2, 0) is 17.5 Å². The van der Waals surface area contributed by atoms with Crippen molar-refractivity contribution in [2.24, 2.45) is 5.92 Å². The Morgan fingerprint density at radius 3 is 2.42 bits per heavy atom. The van der Waals surface area contributed by atoms with E-state index in [1.807, 2.05) is 4.90 Å². The number of nitrogens with zero attached hydrogens (tertiary/aromatic N) is 2. The van der Waals surface area contributed by atoms with Crippen molar-refractivity contribution in [3.63, 3.8) is 0 Å². The maximum absolute atomic E-state index is 14.8. The number of halogens is 4. The molecule has 2 aromatic rings. The topological polar surface area (TPSA) is 51.7 Å². The lowest BCUT2D eigenvalue weighted by molar-refractivity contribution is -0.138. The predicted molar refractivity (Wildman–Crippen MR) is 126 cm³/mol. The van der Waals surface area contributed by atoms with Crippen LogP contribution in [0.2, 0.25) is 0 Å². The normalized spacial score (nSPS) is 17.8. The second kappa shape index (κ2) is 10.4. The van der Waals surface area contributed by atoms with Crippen LogP contribution in [0.25, 0.3) is 0 Å². The Morgan fingerprint density at radius 2 is 1.81 bits per heavy atom. The summed E-state index contributed by atoms with van der Waals surface area (Å²) in [6, 6.07) is 5.20. The van der Waals surface area contributed by atoms with E-state index in [0.29, 0.717) is 25.4 Å². The van der Waals surface area contributed by atoms with E-state index in [9.17, 15) is 22.4 Å². The molecule has 0 radical (unpaired) electrons. The lowest BCUT2D eigenvalue weighted by Crippen LogP contribution is -2.36. The third kappa shape index (κ3) is 6.75. The Labute approximate surface area is 208 Å². The molecule has 1 aliphatic carbocycles. The third-order valence-electron chi connectivity index (χ3n) is 6.49. The number of esters is 1. The van der Waals surface area contributed by atoms with Crippen LogP contribution in [0.15, 0.2) is 30.5 Å². The van der Waals surface area contributed by atoms with E-state index in [2.05, 4.69) is 4.98 Å². The first kappa shape index (κ1) is 26.4. The van der Waals surface area contributed by atoms with Gasteiger partial charge in [0, 0.05) is 18.8 Å². The van der Waals surface area contributed by atoms with Crippen LogP contribution in [0.4, 0.5) is 17.6 Å². The number of carbonyl (C=O) groups is 1. The molecule has 0 N–H and O–H groups in total. The van der Waals surface area contributed by atoms with Gasteiger partial charge in [-0.2, -0.15) is 13.2 Å². The first-order valence-electron chi connectivity index (χ1n) is 12.3. The highest BCUT2D eigenvalue weighted by molar-refractivity contribution is 5.90. The van der Waals surface area contributed by atoms with Gasteiger partial charge in [-0.3, -0.25) is 9.88 Å². The molecule has 2 heterocycles. The van der Waals surface area contributed by atoms with Crippen LogP contribution in [0.5, 0.6) is 5.75 Å². The minimum Gasteiger partial charge on any atom is -0.493 e. The molecule has 0 amide bonds. The zero-order chi connectivity index (χ0) is 26.1. The third-order valence-corrected chi connectivity index (χ3v) is 6.49. The van der Waals surface area contributed by atoms with Crippen molar-refractivity contribution in [1.82, 2.24) is 9.88 Å². The predicted octanol–water partition coefficient (Wildman–Crippen LogP) is 6.36. The highest BCUT2D eigenvalue weighted by atomic mass is 19.4. The molecule has 4 rings (SSSR count). The minimum absolute atomic E-state index is 0.0364. The van der Waals surface area contributed by atoms with Gasteiger partial charge in [-0.05, 0) is 95.1 Å². The number of ether oxygens (including phenoxy) is 2. The van der Waals surface area contributed by atoms with Crippen molar-refractivity contribution >= 4 is 5.97 Å². The number of hydrogen-bond donors (Lipinski definition) is 0. The van der Waals surface area contributed by atoms with Gasteiger partial charge in [0.05, 0.1) is 23.4 Å². The Kier molecular flexibility index (Phi) is 7.59. The molecular formula is C27H32F4N2O3. The Bertz CT molecular complexity index is 1090. The van der Waals surface area contributed by atoms with E-state index in [1.165, 1.54) is 18.3 Å². The van der Waals surface area contributed by atoms with Gasteiger partial charge in [0.25, 0.3) is 0 Å². The number of carbonyl (C=O) groups excluding carboxylic acids is 1. The molecule has 0 atom stereocenters. The summed E-state index contributed by atoms with van der Waals surface area (Å²) < 4.78 is 66.0. The van der Waals surface area contributed by atoms with Crippen molar-refractivity contribution < 1.29 is 31.8 Å². The number of rotatable bonds is 7. The van der Waals surface area contributed by atoms with Crippen LogP contribution >= 0.6 is 0 Å². The summed E-state index contributed by atoms with van der Waals surface area (Å²) in [6.07, 6.45) is 0.388. The molecule has 0 spiro atoms. The molecule has 9 heteroatoms. The fraction of sp³-hybridized carbons (Fsp3) is 0.556. The minimum atomic E-state index is -4.43. The molecule has 1 aromatic carbocycles. The smallest absolute Gasteiger partial charge is 0.418 e. The van der Waals surface area contributed by atoms with Gasteiger partial charge in [-0.15, -0.1) is 0 Å². The number of piperidine rings is 1. The standard InChI is InChI=1S/C27H32F4N2O3/c1-26(2,3)36-25(34)20-13-19(18-6-7-18)24(14-22(20)28)35-16-17-8-11-33(12-9-17)15-23-21(27(29,30)31)5-4-10-32-23/h4-5,10,13-14,17-18H,6-9,11-12,15-16H2,1-3H3. The van der Waals surface area contributed by atoms with E-state index < -0.39 is 29.1 Å². The Hall–Kier alpha value is -2.68. The highest BCUT2D eigenvalue weighted by Gasteiger charge is 2.35. The molecule has 0 bridgehead atoms. The van der Waals surface area contributed by atoms with Crippen LogP contribution in [-0.4, -0.2) is 41.2 Å². The quantitative estimate of drug-likeness (QED) is 0.322. The second-order valence-electron chi connectivity index (χ2n) is 10.7. The maximum Gasteiger partial charge on any atom is 0.418 e. The summed E-state index contributed by atoms with van der Waals surface area (Å²) in [5.74, 6) is -0.470. The lowest BCUT2D eigenvalue weighted by atomic mass is 9.97. The van der Waals surface area contributed by atoms with Gasteiger partial charge >= 0.3 is 12.1 Å². The highest BCUT2D eigenvalue weighted by Crippen LogP contribution is 2.45. The number of benzene rings is 1. The number of aromatic nitrogens is 1. The number of hydrogen-bond acceptors (Lipinski definition) is 5. The first-order chi connectivity index (χ1) is 16.9. The second-order valence-corrected chi connectivity index (χ2v) is 10.7. The maximum atomic E-state index is 14.8. The van der Waals surface area contributed by atoms with Gasteiger partial charge in [-0.25, -0.2) is 9.18 Å². The van der Waals surface area contributed by atoms with E-state index in [-0.39, 0.29) is 29.6 Å². The van der Waals surface area contributed by atoms with E-state index >= 15 is 0 Å². The molecule has 2 fully saturated rings. The van der Waals surface area contributed by atoms with Crippen LogP contribution < -0.4 is 4.74 Å². The van der Waals surface area contributed by atoms with Gasteiger partial charge in [-0.1, -0.05) is 0 Å². The van der Waals surface area contributed by atoms with Crippen LogP contribution in [0.1, 0.15) is 79.6 Å². The molecule has 36 heavy (non-hydrogen) atoms. The monoisotopic (exact) mass is 508 g/mol. The SMILES string of the molecule is CC(C)(C)OC(=O)c1cc(C2CC2)c(OCC2CCN(Cc3ncccc3C(F)(F)F)CC2)cc1F. The average molecular weight is 509 g/mol. The zero-order valence-electron chi connectivity index (χ0n) is 20.8. The molecule has 1 aromatic heterocycles. The van der Waals surface area contributed by atoms with E-state index in [1.54, 1.807) is 26.8 Å². The number of pyridine rings is 1. The molecule has 1 saturated heterocycles. The van der Waals surface area contributed by atoms with Crippen molar-refractivity contribution in [2.75, 3.05) is 19.7 Å². The zero-order valence-corrected chi connectivity index (χ0v) is 20.8. The van der Waals surface area contributed by atoms with E-state index in [4.69, 9.17) is 9.47 Å². The van der Waals surface area contributed by atoms with Gasteiger partial charge in [0.15, 0.2) is 0 Å². The van der Waals surface area contributed by atoms with Crippen molar-refractivity contribution in [2.45, 2.75) is 70.7 Å². The fourth-order valence-electron chi connectivity index (χ4n) is 4.45. The molecule has 1 aliphatic heterocycles. The molecule has 1 saturated carbocycles. The molecule has 0 unspecified atom stereocenters. The van der Waals surface area contributed by atoms with Crippen LogP contribution in [0, 0.1) is 11.7 Å². The first-order valence-corrected chi connectivity index (χ1v) is 12.3. The van der Waals surface area contributed by atoms with Gasteiger partial charge in [0.1, 0.15) is 17.2 Å². The van der Waals surface area contributed by atoms with Crippen molar-refractivity contribution in [1.29, 1.82) is 0 Å².